The summed E-state index contributed by atoms with van der Waals surface area (Å²) in [6.45, 7) is 8.52. The lowest BCUT2D eigenvalue weighted by Crippen LogP contribution is -2.09. The second-order valence-electron chi connectivity index (χ2n) is 11.2. The Labute approximate surface area is 243 Å². The molecule has 0 saturated heterocycles. The van der Waals surface area contributed by atoms with E-state index in [4.69, 9.17) is 9.97 Å². The van der Waals surface area contributed by atoms with E-state index in [2.05, 4.69) is 86.9 Å². The lowest BCUT2D eigenvalue weighted by molar-refractivity contribution is 0.617. The average Bonchev–Trinajstić information content (AvgIpc) is 3.55. The summed E-state index contributed by atoms with van der Waals surface area (Å²) >= 11 is 1.70. The number of thiophene rings is 1. The minimum Gasteiger partial charge on any atom is -0.292 e. The summed E-state index contributed by atoms with van der Waals surface area (Å²) in [5, 5.41) is 2.31. The van der Waals surface area contributed by atoms with Crippen molar-refractivity contribution in [2.75, 3.05) is 0 Å². The van der Waals surface area contributed by atoms with Gasteiger partial charge in [-0.15, -0.1) is 11.3 Å². The Balaban J connectivity index is 1.54. The first kappa shape index (κ1) is 25.6. The van der Waals surface area contributed by atoms with Gasteiger partial charge in [0.25, 0.3) is 0 Å². The first-order chi connectivity index (χ1) is 19.9. The molecule has 0 N–H and O–H groups in total. The van der Waals surface area contributed by atoms with Crippen molar-refractivity contribution in [2.24, 2.45) is 0 Å². The highest BCUT2D eigenvalue weighted by atomic mass is 32.1. The summed E-state index contributed by atoms with van der Waals surface area (Å²) in [5.74, 6) is 0.932. The molecule has 202 valence electrons. The van der Waals surface area contributed by atoms with Crippen LogP contribution in [-0.2, 0) is 0 Å². The molecule has 0 unspecified atom stereocenters. The number of nitrogens with zero attached hydrogens (tertiary/aromatic N) is 3. The molecule has 0 bridgehead atoms. The van der Waals surface area contributed by atoms with Crippen LogP contribution < -0.4 is 0 Å². The van der Waals surface area contributed by atoms with Crippen LogP contribution in [0.4, 0.5) is 4.39 Å². The minimum atomic E-state index is -0.195. The standard InChI is InChI=1S/C36H30FN3S/c1-21(2)28-19-24(37)20-29(22(3)4)33(28)40-32-16-9-8-15-31(32)38-35(40)27-14-10-13-25-26-17-18-30(23-11-6-5-7-12-23)39-36(26)41-34(25)27/h5-22H,1-4H3. The molecule has 0 aliphatic carbocycles. The van der Waals surface area contributed by atoms with Crippen molar-refractivity contribution in [3.63, 3.8) is 0 Å². The number of fused-ring (bicyclic) bond motifs is 4. The molecule has 0 amide bonds. The van der Waals surface area contributed by atoms with Crippen molar-refractivity contribution < 1.29 is 4.39 Å². The number of imidazole rings is 1. The molecule has 0 saturated carbocycles. The van der Waals surface area contributed by atoms with Crippen molar-refractivity contribution in [1.29, 1.82) is 0 Å². The molecule has 0 radical (unpaired) electrons. The van der Waals surface area contributed by atoms with Gasteiger partial charge >= 0.3 is 0 Å². The Kier molecular flexibility index (Phi) is 6.20. The Hall–Kier alpha value is -4.35. The van der Waals surface area contributed by atoms with Gasteiger partial charge in [-0.25, -0.2) is 14.4 Å². The third-order valence-corrected chi connectivity index (χ3v) is 8.99. The van der Waals surface area contributed by atoms with Crippen LogP contribution in [0.5, 0.6) is 0 Å². The van der Waals surface area contributed by atoms with Crippen LogP contribution in [0.3, 0.4) is 0 Å². The maximum absolute atomic E-state index is 15.0. The fraction of sp³-hybridized carbons (Fsp3) is 0.167. The third-order valence-electron chi connectivity index (χ3n) is 7.84. The molecule has 0 fully saturated rings. The number of benzene rings is 4. The summed E-state index contributed by atoms with van der Waals surface area (Å²) in [5.41, 5.74) is 8.05. The highest BCUT2D eigenvalue weighted by Crippen LogP contribution is 2.43. The number of rotatable bonds is 5. The van der Waals surface area contributed by atoms with Gasteiger partial charge < -0.3 is 0 Å². The quantitative estimate of drug-likeness (QED) is 0.211. The topological polar surface area (TPSA) is 30.7 Å². The largest absolute Gasteiger partial charge is 0.292 e. The molecular weight excluding hydrogens is 525 g/mol. The molecule has 7 rings (SSSR count). The van der Waals surface area contributed by atoms with Gasteiger partial charge in [0.05, 0.1) is 22.4 Å². The maximum Gasteiger partial charge on any atom is 0.147 e. The van der Waals surface area contributed by atoms with Gasteiger partial charge in [0.2, 0.25) is 0 Å². The Morgan fingerprint density at radius 3 is 2.15 bits per heavy atom. The fourth-order valence-electron chi connectivity index (χ4n) is 5.84. The molecule has 0 aliphatic heterocycles. The first-order valence-corrected chi connectivity index (χ1v) is 14.9. The van der Waals surface area contributed by atoms with Gasteiger partial charge in [-0.1, -0.05) is 82.3 Å². The van der Waals surface area contributed by atoms with Crippen LogP contribution in [-0.4, -0.2) is 14.5 Å². The van der Waals surface area contributed by atoms with Gasteiger partial charge in [-0.2, -0.15) is 0 Å². The van der Waals surface area contributed by atoms with Crippen LogP contribution in [0.2, 0.25) is 0 Å². The lowest BCUT2D eigenvalue weighted by Gasteiger charge is -2.23. The second kappa shape index (κ2) is 9.93. The first-order valence-electron chi connectivity index (χ1n) is 14.1. The molecule has 4 aromatic carbocycles. The molecule has 3 aromatic heterocycles. The van der Waals surface area contributed by atoms with Gasteiger partial charge in [0, 0.05) is 26.6 Å². The zero-order valence-electron chi connectivity index (χ0n) is 23.5. The Morgan fingerprint density at radius 2 is 1.41 bits per heavy atom. The maximum atomic E-state index is 15.0. The van der Waals surface area contributed by atoms with Crippen molar-refractivity contribution in [3.05, 3.63) is 114 Å². The number of hydrogen-bond acceptors (Lipinski definition) is 3. The van der Waals surface area contributed by atoms with Gasteiger partial charge in [-0.3, -0.25) is 4.57 Å². The van der Waals surface area contributed by atoms with E-state index < -0.39 is 0 Å². The summed E-state index contributed by atoms with van der Waals surface area (Å²) in [4.78, 5) is 11.3. The van der Waals surface area contributed by atoms with Crippen molar-refractivity contribution in [3.8, 4) is 28.3 Å². The number of hydrogen-bond donors (Lipinski definition) is 0. The highest BCUT2D eigenvalue weighted by molar-refractivity contribution is 7.26. The van der Waals surface area contributed by atoms with Crippen molar-refractivity contribution in [1.82, 2.24) is 14.5 Å². The summed E-state index contributed by atoms with van der Waals surface area (Å²) in [6, 6.07) is 32.7. The second-order valence-corrected chi connectivity index (χ2v) is 12.2. The van der Waals surface area contributed by atoms with E-state index in [1.807, 2.05) is 30.3 Å². The molecule has 5 heteroatoms. The number of pyridine rings is 1. The van der Waals surface area contributed by atoms with Gasteiger partial charge in [0.15, 0.2) is 0 Å². The van der Waals surface area contributed by atoms with E-state index in [9.17, 15) is 4.39 Å². The highest BCUT2D eigenvalue weighted by Gasteiger charge is 2.24. The number of para-hydroxylation sites is 2. The van der Waals surface area contributed by atoms with Crippen LogP contribution >= 0.6 is 11.3 Å². The van der Waals surface area contributed by atoms with Crippen LogP contribution in [0.15, 0.2) is 97.1 Å². The third kappa shape index (κ3) is 4.23. The Morgan fingerprint density at radius 1 is 0.707 bits per heavy atom. The predicted octanol–water partition coefficient (Wildman–Crippen LogP) is 10.5. The van der Waals surface area contributed by atoms with Crippen LogP contribution in [0.25, 0.3) is 59.7 Å². The smallest absolute Gasteiger partial charge is 0.147 e. The van der Waals surface area contributed by atoms with Gasteiger partial charge in [-0.05, 0) is 65.4 Å². The van der Waals surface area contributed by atoms with Crippen LogP contribution in [0, 0.1) is 5.82 Å². The molecule has 3 nitrogen and oxygen atoms in total. The SMILES string of the molecule is CC(C)c1cc(F)cc(C(C)C)c1-n1c(-c2cccc3c2sc2nc(-c4ccccc4)ccc23)nc2ccccc21. The minimum absolute atomic E-state index is 0.132. The van der Waals surface area contributed by atoms with Gasteiger partial charge in [0.1, 0.15) is 16.5 Å². The normalized spacial score (nSPS) is 12.0. The molecular formula is C36H30FN3S. The number of aromatic nitrogens is 3. The van der Waals surface area contributed by atoms with Crippen LogP contribution in [0.1, 0.15) is 50.7 Å². The predicted molar refractivity (Wildman–Crippen MR) is 171 cm³/mol. The van der Waals surface area contributed by atoms with Crippen molar-refractivity contribution >= 4 is 42.7 Å². The number of halogens is 1. The van der Waals surface area contributed by atoms with E-state index in [0.29, 0.717) is 0 Å². The Bertz CT molecular complexity index is 2040. The molecule has 3 heterocycles. The lowest BCUT2D eigenvalue weighted by atomic mass is 9.92. The van der Waals surface area contributed by atoms with E-state index in [-0.39, 0.29) is 17.7 Å². The summed E-state index contributed by atoms with van der Waals surface area (Å²) in [7, 11) is 0. The summed E-state index contributed by atoms with van der Waals surface area (Å²) in [6.07, 6.45) is 0. The zero-order chi connectivity index (χ0) is 28.2. The monoisotopic (exact) mass is 555 g/mol. The van der Waals surface area contributed by atoms with E-state index in [1.165, 1.54) is 5.39 Å². The zero-order valence-corrected chi connectivity index (χ0v) is 24.3. The summed E-state index contributed by atoms with van der Waals surface area (Å²) < 4.78 is 18.4. The van der Waals surface area contributed by atoms with E-state index in [1.54, 1.807) is 23.5 Å². The average molecular weight is 556 g/mol. The molecule has 0 aliphatic rings. The molecule has 0 atom stereocenters. The van der Waals surface area contributed by atoms with Crippen molar-refractivity contribution in [2.45, 2.75) is 39.5 Å². The molecule has 0 spiro atoms. The fourth-order valence-corrected chi connectivity index (χ4v) is 7.02. The van der Waals surface area contributed by atoms with E-state index in [0.717, 1.165) is 65.4 Å². The molecule has 7 aromatic rings. The molecule has 41 heavy (non-hydrogen) atoms. The van der Waals surface area contributed by atoms with E-state index >= 15 is 0 Å².